The lowest BCUT2D eigenvalue weighted by Gasteiger charge is -2.18. The van der Waals surface area contributed by atoms with Crippen LogP contribution in [-0.4, -0.2) is 37.2 Å². The van der Waals surface area contributed by atoms with Crippen molar-refractivity contribution in [2.45, 2.75) is 335 Å². The molecule has 0 rings (SSSR count). The second-order valence-corrected chi connectivity index (χ2v) is 21.3. The Morgan fingerprint density at radius 3 is 0.808 bits per heavy atom. The number of hydrogen-bond donors (Lipinski definition) is 0. The second kappa shape index (κ2) is 61.7. The first-order valence-corrected chi connectivity index (χ1v) is 31.8. The van der Waals surface area contributed by atoms with Crippen molar-refractivity contribution >= 4 is 17.9 Å². The SMILES string of the molecule is CCCCC/C=C\CCCCCCCC(=O)OCC(COC(=O)CCCCCCCCCCCCCCCCC/C=C\C/C=C\CCCCCCC)OC(=O)CCCCCCC/C=C\C/C=C\CCCCCC. The van der Waals surface area contributed by atoms with Crippen LogP contribution in [0, 0.1) is 0 Å². The molecule has 424 valence electrons. The highest BCUT2D eigenvalue weighted by atomic mass is 16.6. The molecule has 0 N–H and O–H groups in total. The third kappa shape index (κ3) is 59.9. The molecule has 6 heteroatoms. The molecule has 0 aliphatic carbocycles. The van der Waals surface area contributed by atoms with Gasteiger partial charge in [0.2, 0.25) is 0 Å². The maximum Gasteiger partial charge on any atom is 0.306 e. The Morgan fingerprint density at radius 1 is 0.274 bits per heavy atom. The number of ether oxygens (including phenoxy) is 3. The molecule has 0 spiro atoms. The van der Waals surface area contributed by atoms with E-state index < -0.39 is 6.10 Å². The Morgan fingerprint density at radius 2 is 0.493 bits per heavy atom. The van der Waals surface area contributed by atoms with Crippen LogP contribution in [0.2, 0.25) is 0 Å². The van der Waals surface area contributed by atoms with Crippen LogP contribution < -0.4 is 0 Å². The number of hydrogen-bond acceptors (Lipinski definition) is 6. The fraction of sp³-hybridized carbons (Fsp3) is 0.806. The Bertz CT molecular complexity index is 1310. The van der Waals surface area contributed by atoms with Crippen molar-refractivity contribution < 1.29 is 28.6 Å². The summed E-state index contributed by atoms with van der Waals surface area (Å²) in [7, 11) is 0. The summed E-state index contributed by atoms with van der Waals surface area (Å²) in [6.45, 7) is 6.60. The number of unbranched alkanes of at least 4 members (excludes halogenated alkanes) is 37. The molecule has 1 unspecified atom stereocenters. The fourth-order valence-electron chi connectivity index (χ4n) is 9.15. The molecule has 0 aromatic rings. The molecule has 0 aliphatic rings. The van der Waals surface area contributed by atoms with Crippen molar-refractivity contribution in [3.63, 3.8) is 0 Å². The summed E-state index contributed by atoms with van der Waals surface area (Å²) in [6.07, 6.45) is 78.0. The Balaban J connectivity index is 4.23. The van der Waals surface area contributed by atoms with Gasteiger partial charge < -0.3 is 14.2 Å². The molecule has 0 aromatic carbocycles. The van der Waals surface area contributed by atoms with E-state index in [1.807, 2.05) is 0 Å². The van der Waals surface area contributed by atoms with E-state index in [1.165, 1.54) is 193 Å². The third-order valence-electron chi connectivity index (χ3n) is 14.0. The fourth-order valence-corrected chi connectivity index (χ4v) is 9.15. The van der Waals surface area contributed by atoms with Gasteiger partial charge in [0.05, 0.1) is 0 Å². The van der Waals surface area contributed by atoms with Crippen molar-refractivity contribution in [1.29, 1.82) is 0 Å². The Kier molecular flexibility index (Phi) is 59.2. The van der Waals surface area contributed by atoms with E-state index in [0.717, 1.165) is 96.3 Å². The summed E-state index contributed by atoms with van der Waals surface area (Å²) in [5, 5.41) is 0. The molecule has 0 amide bonds. The van der Waals surface area contributed by atoms with Crippen LogP contribution in [0.15, 0.2) is 60.8 Å². The summed E-state index contributed by atoms with van der Waals surface area (Å²) in [4.78, 5) is 38.2. The number of carbonyl (C=O) groups is 3. The van der Waals surface area contributed by atoms with Gasteiger partial charge in [-0.25, -0.2) is 0 Å². The van der Waals surface area contributed by atoms with Gasteiger partial charge in [0.1, 0.15) is 13.2 Å². The van der Waals surface area contributed by atoms with E-state index in [4.69, 9.17) is 14.2 Å². The minimum absolute atomic E-state index is 0.0805. The van der Waals surface area contributed by atoms with Gasteiger partial charge in [-0.3, -0.25) is 14.4 Å². The van der Waals surface area contributed by atoms with E-state index in [1.54, 1.807) is 0 Å². The van der Waals surface area contributed by atoms with Crippen LogP contribution in [0.25, 0.3) is 0 Å². The first-order valence-electron chi connectivity index (χ1n) is 31.8. The molecule has 0 radical (unpaired) electrons. The zero-order valence-corrected chi connectivity index (χ0v) is 48.7. The average Bonchev–Trinajstić information content (AvgIpc) is 3.39. The smallest absolute Gasteiger partial charge is 0.306 e. The van der Waals surface area contributed by atoms with E-state index in [2.05, 4.69) is 81.5 Å². The number of carbonyl (C=O) groups excluding carboxylic acids is 3. The van der Waals surface area contributed by atoms with Crippen LogP contribution in [-0.2, 0) is 28.6 Å². The monoisotopic (exact) mass is 1020 g/mol. The average molecular weight is 1020 g/mol. The number of esters is 3. The van der Waals surface area contributed by atoms with Gasteiger partial charge in [-0.15, -0.1) is 0 Å². The molecule has 0 bridgehead atoms. The third-order valence-corrected chi connectivity index (χ3v) is 14.0. The summed E-state index contributed by atoms with van der Waals surface area (Å²) in [5.74, 6) is -0.890. The number of rotatable bonds is 58. The lowest BCUT2D eigenvalue weighted by atomic mass is 10.0. The molecule has 6 nitrogen and oxygen atoms in total. The normalized spacial score (nSPS) is 12.4. The minimum Gasteiger partial charge on any atom is -0.462 e. The predicted molar refractivity (Wildman–Crippen MR) is 316 cm³/mol. The molecule has 0 aliphatic heterocycles. The largest absolute Gasteiger partial charge is 0.462 e. The van der Waals surface area contributed by atoms with Crippen LogP contribution in [0.5, 0.6) is 0 Å². The number of allylic oxidation sites excluding steroid dienone is 10. The molecule has 0 heterocycles. The van der Waals surface area contributed by atoms with Crippen LogP contribution in [0.4, 0.5) is 0 Å². The lowest BCUT2D eigenvalue weighted by molar-refractivity contribution is -0.167. The van der Waals surface area contributed by atoms with Crippen molar-refractivity contribution in [1.82, 2.24) is 0 Å². The summed E-state index contributed by atoms with van der Waals surface area (Å²) >= 11 is 0. The topological polar surface area (TPSA) is 78.9 Å². The van der Waals surface area contributed by atoms with Crippen molar-refractivity contribution in [2.75, 3.05) is 13.2 Å². The quantitative estimate of drug-likeness (QED) is 0.0261. The predicted octanol–water partition coefficient (Wildman–Crippen LogP) is 21.6. The van der Waals surface area contributed by atoms with Gasteiger partial charge in [-0.2, -0.15) is 0 Å². The van der Waals surface area contributed by atoms with Gasteiger partial charge in [-0.05, 0) is 109 Å². The maximum atomic E-state index is 12.9. The van der Waals surface area contributed by atoms with Gasteiger partial charge >= 0.3 is 17.9 Å². The summed E-state index contributed by atoms with van der Waals surface area (Å²) < 4.78 is 16.9. The summed E-state index contributed by atoms with van der Waals surface area (Å²) in [5.41, 5.74) is 0. The first-order chi connectivity index (χ1) is 36.0. The Hall–Kier alpha value is -2.89. The van der Waals surface area contributed by atoms with Gasteiger partial charge in [-0.1, -0.05) is 261 Å². The molecule has 1 atom stereocenters. The van der Waals surface area contributed by atoms with Crippen LogP contribution in [0.3, 0.4) is 0 Å². The van der Waals surface area contributed by atoms with Gasteiger partial charge in [0.15, 0.2) is 6.10 Å². The van der Waals surface area contributed by atoms with Crippen molar-refractivity contribution in [3.05, 3.63) is 60.8 Å². The highest BCUT2D eigenvalue weighted by molar-refractivity contribution is 5.71. The van der Waals surface area contributed by atoms with Crippen molar-refractivity contribution in [2.24, 2.45) is 0 Å². The zero-order chi connectivity index (χ0) is 52.9. The van der Waals surface area contributed by atoms with Gasteiger partial charge in [0, 0.05) is 19.3 Å². The minimum atomic E-state index is -0.784. The molecular formula is C67H120O6. The second-order valence-electron chi connectivity index (χ2n) is 21.3. The maximum absolute atomic E-state index is 12.9. The molecule has 73 heavy (non-hydrogen) atoms. The van der Waals surface area contributed by atoms with E-state index >= 15 is 0 Å². The molecule has 0 aromatic heterocycles. The standard InChI is InChI=1S/C67H120O6/c1-4-7-10-13-16-19-22-25-27-29-30-31-32-33-34-35-36-37-38-39-41-42-45-48-51-54-57-60-66(69)72-63-64(62-71-65(68)59-56-53-50-47-44-24-21-18-15-12-9-6-3)73-67(70)61-58-55-52-49-46-43-40-28-26-23-20-17-14-11-8-5-2/h18,20-23,25,28-30,40,64H,4-17,19,24,26-27,31-39,41-63H2,1-3H3/b21-18-,23-20-,25-22-,30-29-,40-28-. The van der Waals surface area contributed by atoms with Crippen molar-refractivity contribution in [3.8, 4) is 0 Å². The van der Waals surface area contributed by atoms with Gasteiger partial charge in [0.25, 0.3) is 0 Å². The molecule has 0 fully saturated rings. The molecule has 0 saturated carbocycles. The lowest BCUT2D eigenvalue weighted by Crippen LogP contribution is -2.30. The zero-order valence-electron chi connectivity index (χ0n) is 48.7. The van der Waals surface area contributed by atoms with Crippen LogP contribution >= 0.6 is 0 Å². The molecular weight excluding hydrogens is 901 g/mol. The Labute approximate surface area is 453 Å². The summed E-state index contributed by atoms with van der Waals surface area (Å²) in [6, 6.07) is 0. The highest BCUT2D eigenvalue weighted by Gasteiger charge is 2.19. The first kappa shape index (κ1) is 70.1. The van der Waals surface area contributed by atoms with Crippen LogP contribution in [0.1, 0.15) is 329 Å². The molecule has 0 saturated heterocycles. The van der Waals surface area contributed by atoms with E-state index in [-0.39, 0.29) is 31.1 Å². The van der Waals surface area contributed by atoms with E-state index in [9.17, 15) is 14.4 Å². The van der Waals surface area contributed by atoms with E-state index in [0.29, 0.717) is 19.3 Å². The highest BCUT2D eigenvalue weighted by Crippen LogP contribution is 2.16.